The average Bonchev–Trinajstić information content (AvgIpc) is 2.97. The van der Waals surface area contributed by atoms with Crippen molar-refractivity contribution in [2.45, 2.75) is 45.1 Å². The molecular formula is C20H29N3O2. The van der Waals surface area contributed by atoms with Crippen LogP contribution in [0.5, 0.6) is 0 Å². The van der Waals surface area contributed by atoms with E-state index >= 15 is 0 Å². The summed E-state index contributed by atoms with van der Waals surface area (Å²) in [6.45, 7) is 3.45. The number of nitrogens with zero attached hydrogens (tertiary/aromatic N) is 1. The SMILES string of the molecule is CNCCNC(=O)C1CCCCC1C(=O)N1c2ccccc2CC1C. The zero-order valence-corrected chi connectivity index (χ0v) is 15.3. The fourth-order valence-electron chi connectivity index (χ4n) is 4.26. The Hall–Kier alpha value is -1.88. The number of anilines is 1. The molecule has 1 aliphatic carbocycles. The van der Waals surface area contributed by atoms with Gasteiger partial charge in [0, 0.05) is 30.7 Å². The molecule has 0 aromatic heterocycles. The van der Waals surface area contributed by atoms with Gasteiger partial charge in [-0.3, -0.25) is 9.59 Å². The Bertz CT molecular complexity index is 631. The Morgan fingerprint density at radius 2 is 1.84 bits per heavy atom. The smallest absolute Gasteiger partial charge is 0.231 e. The van der Waals surface area contributed by atoms with E-state index in [1.165, 1.54) is 5.56 Å². The molecule has 5 heteroatoms. The Kier molecular flexibility index (Phi) is 5.74. The number of fused-ring (bicyclic) bond motifs is 1. The molecule has 25 heavy (non-hydrogen) atoms. The largest absolute Gasteiger partial charge is 0.355 e. The van der Waals surface area contributed by atoms with Crippen LogP contribution in [0.3, 0.4) is 0 Å². The summed E-state index contributed by atoms with van der Waals surface area (Å²) in [6, 6.07) is 8.31. The molecule has 1 heterocycles. The molecule has 0 spiro atoms. The van der Waals surface area contributed by atoms with Crippen molar-refractivity contribution in [2.24, 2.45) is 11.8 Å². The average molecular weight is 343 g/mol. The van der Waals surface area contributed by atoms with E-state index in [1.807, 2.05) is 30.1 Å². The van der Waals surface area contributed by atoms with Crippen LogP contribution in [0.25, 0.3) is 0 Å². The van der Waals surface area contributed by atoms with Crippen molar-refractivity contribution in [2.75, 3.05) is 25.0 Å². The van der Waals surface area contributed by atoms with Gasteiger partial charge in [-0.2, -0.15) is 0 Å². The van der Waals surface area contributed by atoms with Gasteiger partial charge >= 0.3 is 0 Å². The number of benzene rings is 1. The van der Waals surface area contributed by atoms with Gasteiger partial charge in [-0.05, 0) is 44.9 Å². The van der Waals surface area contributed by atoms with Crippen molar-refractivity contribution in [3.63, 3.8) is 0 Å². The van der Waals surface area contributed by atoms with Gasteiger partial charge in [0.25, 0.3) is 0 Å². The van der Waals surface area contributed by atoms with Crippen molar-refractivity contribution in [3.8, 4) is 0 Å². The number of rotatable bonds is 5. The topological polar surface area (TPSA) is 61.4 Å². The van der Waals surface area contributed by atoms with Crippen LogP contribution < -0.4 is 15.5 Å². The monoisotopic (exact) mass is 343 g/mol. The van der Waals surface area contributed by atoms with E-state index in [1.54, 1.807) is 0 Å². The molecule has 5 nitrogen and oxygen atoms in total. The molecule has 3 rings (SSSR count). The second kappa shape index (κ2) is 8.00. The lowest BCUT2D eigenvalue weighted by molar-refractivity contribution is -0.135. The number of likely N-dealkylation sites (N-methyl/N-ethyl adjacent to an activating group) is 1. The summed E-state index contributed by atoms with van der Waals surface area (Å²) in [4.78, 5) is 27.9. The van der Waals surface area contributed by atoms with Gasteiger partial charge in [0.05, 0.1) is 5.92 Å². The maximum absolute atomic E-state index is 13.4. The van der Waals surface area contributed by atoms with E-state index in [-0.39, 0.29) is 29.7 Å². The summed E-state index contributed by atoms with van der Waals surface area (Å²) in [5.74, 6) is -0.227. The maximum atomic E-state index is 13.4. The Morgan fingerprint density at radius 3 is 2.60 bits per heavy atom. The van der Waals surface area contributed by atoms with Gasteiger partial charge in [-0.15, -0.1) is 0 Å². The first-order chi connectivity index (χ1) is 12.1. The molecule has 1 aromatic carbocycles. The normalized spacial score (nSPS) is 25.5. The predicted molar refractivity (Wildman–Crippen MR) is 99.5 cm³/mol. The summed E-state index contributed by atoms with van der Waals surface area (Å²) in [6.07, 6.45) is 4.58. The van der Waals surface area contributed by atoms with Crippen LogP contribution in [-0.4, -0.2) is 38.0 Å². The zero-order chi connectivity index (χ0) is 17.8. The van der Waals surface area contributed by atoms with Gasteiger partial charge in [-0.1, -0.05) is 31.0 Å². The molecule has 1 aliphatic heterocycles. The number of amides is 2. The van der Waals surface area contributed by atoms with Crippen molar-refractivity contribution in [3.05, 3.63) is 29.8 Å². The molecule has 0 saturated heterocycles. The van der Waals surface area contributed by atoms with E-state index in [9.17, 15) is 9.59 Å². The van der Waals surface area contributed by atoms with Crippen LogP contribution in [0.2, 0.25) is 0 Å². The summed E-state index contributed by atoms with van der Waals surface area (Å²) in [5, 5.41) is 6.02. The lowest BCUT2D eigenvalue weighted by Crippen LogP contribution is -2.47. The summed E-state index contributed by atoms with van der Waals surface area (Å²) < 4.78 is 0. The number of carbonyl (C=O) groups excluding carboxylic acids is 2. The van der Waals surface area contributed by atoms with Crippen LogP contribution >= 0.6 is 0 Å². The molecule has 2 amide bonds. The second-order valence-electron chi connectivity index (χ2n) is 7.28. The molecule has 1 saturated carbocycles. The highest BCUT2D eigenvalue weighted by molar-refractivity contribution is 6.00. The van der Waals surface area contributed by atoms with Gasteiger partial charge in [0.2, 0.25) is 11.8 Å². The van der Waals surface area contributed by atoms with E-state index in [2.05, 4.69) is 23.6 Å². The summed E-state index contributed by atoms with van der Waals surface area (Å²) in [7, 11) is 1.87. The molecule has 1 fully saturated rings. The molecule has 2 aliphatic rings. The molecule has 0 bridgehead atoms. The van der Waals surface area contributed by atoms with Crippen LogP contribution in [-0.2, 0) is 16.0 Å². The Balaban J connectivity index is 1.76. The van der Waals surface area contributed by atoms with Crippen LogP contribution in [0.1, 0.15) is 38.2 Å². The minimum Gasteiger partial charge on any atom is -0.355 e. The fraction of sp³-hybridized carbons (Fsp3) is 0.600. The number of hydrogen-bond donors (Lipinski definition) is 2. The van der Waals surface area contributed by atoms with E-state index in [0.717, 1.165) is 44.3 Å². The molecular weight excluding hydrogens is 314 g/mol. The van der Waals surface area contributed by atoms with Crippen molar-refractivity contribution in [1.29, 1.82) is 0 Å². The minimum atomic E-state index is -0.197. The van der Waals surface area contributed by atoms with Gasteiger partial charge in [-0.25, -0.2) is 0 Å². The Labute approximate surface area is 150 Å². The minimum absolute atomic E-state index is 0.0356. The highest BCUT2D eigenvalue weighted by atomic mass is 16.2. The first kappa shape index (κ1) is 17.9. The van der Waals surface area contributed by atoms with Gasteiger partial charge in [0.15, 0.2) is 0 Å². The van der Waals surface area contributed by atoms with Crippen LogP contribution in [0.15, 0.2) is 24.3 Å². The molecule has 3 unspecified atom stereocenters. The Morgan fingerprint density at radius 1 is 1.12 bits per heavy atom. The first-order valence-corrected chi connectivity index (χ1v) is 9.46. The van der Waals surface area contributed by atoms with Crippen molar-refractivity contribution in [1.82, 2.24) is 10.6 Å². The van der Waals surface area contributed by atoms with Gasteiger partial charge < -0.3 is 15.5 Å². The lowest BCUT2D eigenvalue weighted by Gasteiger charge is -2.34. The summed E-state index contributed by atoms with van der Waals surface area (Å²) >= 11 is 0. The highest BCUT2D eigenvalue weighted by Gasteiger charge is 2.41. The fourth-order valence-corrected chi connectivity index (χ4v) is 4.26. The molecule has 0 radical (unpaired) electrons. The van der Waals surface area contributed by atoms with Crippen molar-refractivity contribution < 1.29 is 9.59 Å². The van der Waals surface area contributed by atoms with Crippen molar-refractivity contribution >= 4 is 17.5 Å². The molecule has 1 aromatic rings. The van der Waals surface area contributed by atoms with Crippen LogP contribution in [0, 0.1) is 11.8 Å². The number of hydrogen-bond acceptors (Lipinski definition) is 3. The quantitative estimate of drug-likeness (QED) is 0.805. The second-order valence-corrected chi connectivity index (χ2v) is 7.28. The third kappa shape index (κ3) is 3.71. The predicted octanol–water partition coefficient (Wildman–Crippen LogP) is 2.11. The first-order valence-electron chi connectivity index (χ1n) is 9.46. The molecule has 136 valence electrons. The van der Waals surface area contributed by atoms with E-state index in [4.69, 9.17) is 0 Å². The number of nitrogens with one attached hydrogen (secondary N) is 2. The standard InChI is InChI=1S/C20H29N3O2/c1-14-13-15-7-3-6-10-18(15)23(14)20(25)17-9-5-4-8-16(17)19(24)22-12-11-21-2/h3,6-7,10,14,16-17,21H,4-5,8-9,11-13H2,1-2H3,(H,22,24). The highest BCUT2D eigenvalue weighted by Crippen LogP contribution is 2.37. The zero-order valence-electron chi connectivity index (χ0n) is 15.3. The molecule has 2 N–H and O–H groups in total. The number of carbonyl (C=O) groups is 2. The maximum Gasteiger partial charge on any atom is 0.231 e. The number of para-hydroxylation sites is 1. The summed E-state index contributed by atoms with van der Waals surface area (Å²) in [5.41, 5.74) is 2.26. The third-order valence-electron chi connectivity index (χ3n) is 5.54. The van der Waals surface area contributed by atoms with E-state index in [0.29, 0.717) is 6.54 Å². The van der Waals surface area contributed by atoms with Gasteiger partial charge in [0.1, 0.15) is 0 Å². The van der Waals surface area contributed by atoms with E-state index < -0.39 is 0 Å². The molecule has 3 atom stereocenters. The third-order valence-corrected chi connectivity index (χ3v) is 5.54. The van der Waals surface area contributed by atoms with Crippen LogP contribution in [0.4, 0.5) is 5.69 Å². The lowest BCUT2D eigenvalue weighted by atomic mass is 9.77.